The Hall–Kier alpha value is -1.12. The Labute approximate surface area is 84.9 Å². The largest absolute Gasteiger partial charge is 0.365 e. The van der Waals surface area contributed by atoms with E-state index in [4.69, 9.17) is 0 Å². The van der Waals surface area contributed by atoms with Crippen molar-refractivity contribution >= 4 is 5.82 Å². The number of hydrogen-bond donors (Lipinski definition) is 1. The fraction of sp³-hybridized carbons (Fsp3) is 0.636. The van der Waals surface area contributed by atoms with Crippen LogP contribution < -0.4 is 5.32 Å². The SMILES string of the molecule is CC1(C)CCCC1Nc1cccnn1. The van der Waals surface area contributed by atoms with Crippen molar-refractivity contribution in [3.8, 4) is 0 Å². The Kier molecular flexibility index (Phi) is 2.40. The molecule has 0 saturated heterocycles. The number of rotatable bonds is 2. The minimum atomic E-state index is 0.386. The first-order valence-electron chi connectivity index (χ1n) is 5.23. The van der Waals surface area contributed by atoms with Crippen molar-refractivity contribution in [1.29, 1.82) is 0 Å². The number of hydrogen-bond acceptors (Lipinski definition) is 3. The van der Waals surface area contributed by atoms with Crippen molar-refractivity contribution in [2.24, 2.45) is 5.41 Å². The highest BCUT2D eigenvalue weighted by Gasteiger charge is 2.34. The van der Waals surface area contributed by atoms with Crippen LogP contribution in [0.5, 0.6) is 0 Å². The Morgan fingerprint density at radius 3 is 2.93 bits per heavy atom. The molecule has 0 aliphatic heterocycles. The molecular weight excluding hydrogens is 174 g/mol. The van der Waals surface area contributed by atoms with E-state index in [1.165, 1.54) is 19.3 Å². The van der Waals surface area contributed by atoms with E-state index in [1.807, 2.05) is 12.1 Å². The van der Waals surface area contributed by atoms with E-state index in [1.54, 1.807) is 6.20 Å². The molecule has 1 fully saturated rings. The summed E-state index contributed by atoms with van der Waals surface area (Å²) in [4.78, 5) is 0. The number of anilines is 1. The maximum Gasteiger partial charge on any atom is 0.148 e. The van der Waals surface area contributed by atoms with E-state index >= 15 is 0 Å². The summed E-state index contributed by atoms with van der Waals surface area (Å²) in [6, 6.07) is 4.43. The van der Waals surface area contributed by atoms with Gasteiger partial charge in [0.1, 0.15) is 5.82 Å². The zero-order valence-corrected chi connectivity index (χ0v) is 8.83. The molecule has 1 unspecified atom stereocenters. The van der Waals surface area contributed by atoms with Gasteiger partial charge in [-0.1, -0.05) is 20.3 Å². The van der Waals surface area contributed by atoms with Crippen molar-refractivity contribution in [2.45, 2.75) is 39.2 Å². The van der Waals surface area contributed by atoms with Gasteiger partial charge in [-0.3, -0.25) is 0 Å². The first-order chi connectivity index (χ1) is 6.68. The minimum Gasteiger partial charge on any atom is -0.365 e. The topological polar surface area (TPSA) is 37.8 Å². The predicted octanol–water partition coefficient (Wildman–Crippen LogP) is 2.47. The summed E-state index contributed by atoms with van der Waals surface area (Å²) in [6.07, 6.45) is 5.55. The van der Waals surface area contributed by atoms with Crippen LogP contribution >= 0.6 is 0 Å². The van der Waals surface area contributed by atoms with Crippen LogP contribution in [0, 0.1) is 5.41 Å². The summed E-state index contributed by atoms with van der Waals surface area (Å²) in [7, 11) is 0. The highest BCUT2D eigenvalue weighted by atomic mass is 15.2. The minimum absolute atomic E-state index is 0.386. The number of nitrogens with one attached hydrogen (secondary N) is 1. The second-order valence-corrected chi connectivity index (χ2v) is 4.69. The van der Waals surface area contributed by atoms with E-state index in [9.17, 15) is 0 Å². The van der Waals surface area contributed by atoms with Crippen LogP contribution in [0.25, 0.3) is 0 Å². The van der Waals surface area contributed by atoms with Gasteiger partial charge in [0.15, 0.2) is 0 Å². The zero-order chi connectivity index (χ0) is 10.0. The van der Waals surface area contributed by atoms with Crippen LogP contribution in [0.15, 0.2) is 18.3 Å². The molecule has 0 bridgehead atoms. The molecule has 1 atom stereocenters. The average Bonchev–Trinajstić information content (AvgIpc) is 2.48. The van der Waals surface area contributed by atoms with Gasteiger partial charge in [-0.25, -0.2) is 0 Å². The maximum atomic E-state index is 4.05. The van der Waals surface area contributed by atoms with Crippen molar-refractivity contribution in [2.75, 3.05) is 5.32 Å². The van der Waals surface area contributed by atoms with Gasteiger partial charge in [0.05, 0.1) is 0 Å². The van der Waals surface area contributed by atoms with Crippen LogP contribution in [0.2, 0.25) is 0 Å². The molecule has 0 radical (unpaired) electrons. The van der Waals surface area contributed by atoms with Crippen LogP contribution in [-0.2, 0) is 0 Å². The smallest absolute Gasteiger partial charge is 0.148 e. The van der Waals surface area contributed by atoms with Gasteiger partial charge < -0.3 is 5.32 Å². The Morgan fingerprint density at radius 2 is 2.36 bits per heavy atom. The van der Waals surface area contributed by atoms with Crippen molar-refractivity contribution in [3.05, 3.63) is 18.3 Å². The second kappa shape index (κ2) is 3.56. The zero-order valence-electron chi connectivity index (χ0n) is 8.83. The quantitative estimate of drug-likeness (QED) is 0.780. The molecule has 1 N–H and O–H groups in total. The van der Waals surface area contributed by atoms with Crippen LogP contribution in [-0.4, -0.2) is 16.2 Å². The first-order valence-corrected chi connectivity index (χ1v) is 5.23. The highest BCUT2D eigenvalue weighted by molar-refractivity contribution is 5.34. The summed E-state index contributed by atoms with van der Waals surface area (Å²) >= 11 is 0. The third-order valence-corrected chi connectivity index (χ3v) is 3.15. The summed E-state index contributed by atoms with van der Waals surface area (Å²) in [6.45, 7) is 4.63. The Balaban J connectivity index is 2.05. The fourth-order valence-corrected chi connectivity index (χ4v) is 2.15. The normalized spacial score (nSPS) is 24.9. The van der Waals surface area contributed by atoms with E-state index < -0.39 is 0 Å². The molecule has 1 aromatic heterocycles. The predicted molar refractivity (Wildman–Crippen MR) is 57.1 cm³/mol. The molecule has 2 rings (SSSR count). The third-order valence-electron chi connectivity index (χ3n) is 3.15. The molecule has 3 nitrogen and oxygen atoms in total. The molecule has 0 amide bonds. The van der Waals surface area contributed by atoms with Gasteiger partial charge >= 0.3 is 0 Å². The number of nitrogens with zero attached hydrogens (tertiary/aromatic N) is 2. The van der Waals surface area contributed by atoms with E-state index in [0.717, 1.165) is 5.82 Å². The first kappa shape index (κ1) is 9.44. The lowest BCUT2D eigenvalue weighted by Gasteiger charge is -2.27. The van der Waals surface area contributed by atoms with Gasteiger partial charge in [-0.05, 0) is 30.4 Å². The highest BCUT2D eigenvalue weighted by Crippen LogP contribution is 2.38. The van der Waals surface area contributed by atoms with Crippen molar-refractivity contribution in [3.63, 3.8) is 0 Å². The lowest BCUT2D eigenvalue weighted by molar-refractivity contribution is 0.349. The Bertz CT molecular complexity index is 295. The lowest BCUT2D eigenvalue weighted by atomic mass is 9.87. The molecule has 1 aliphatic rings. The van der Waals surface area contributed by atoms with Gasteiger partial charge in [-0.15, -0.1) is 5.10 Å². The van der Waals surface area contributed by atoms with E-state index in [-0.39, 0.29) is 0 Å². The standard InChI is InChI=1S/C11H17N3/c1-11(2)7-3-5-9(11)13-10-6-4-8-12-14-10/h4,6,8-9H,3,5,7H2,1-2H3,(H,13,14). The molecule has 1 aromatic rings. The van der Waals surface area contributed by atoms with Gasteiger partial charge in [0.25, 0.3) is 0 Å². The number of aromatic nitrogens is 2. The summed E-state index contributed by atoms with van der Waals surface area (Å²) in [5.41, 5.74) is 0.386. The van der Waals surface area contributed by atoms with Gasteiger partial charge in [-0.2, -0.15) is 5.10 Å². The molecule has 76 valence electrons. The fourth-order valence-electron chi connectivity index (χ4n) is 2.15. The lowest BCUT2D eigenvalue weighted by Crippen LogP contribution is -2.31. The van der Waals surface area contributed by atoms with E-state index in [2.05, 4.69) is 29.4 Å². The van der Waals surface area contributed by atoms with Crippen LogP contribution in [0.3, 0.4) is 0 Å². The maximum absolute atomic E-state index is 4.05. The van der Waals surface area contributed by atoms with Crippen molar-refractivity contribution < 1.29 is 0 Å². The van der Waals surface area contributed by atoms with Gasteiger partial charge in [0, 0.05) is 12.2 Å². The van der Waals surface area contributed by atoms with Crippen LogP contribution in [0.1, 0.15) is 33.1 Å². The monoisotopic (exact) mass is 191 g/mol. The summed E-state index contributed by atoms with van der Waals surface area (Å²) in [5.74, 6) is 0.896. The molecule has 14 heavy (non-hydrogen) atoms. The average molecular weight is 191 g/mol. The molecule has 1 saturated carbocycles. The molecule has 1 aliphatic carbocycles. The molecular formula is C11H17N3. The van der Waals surface area contributed by atoms with Gasteiger partial charge in [0.2, 0.25) is 0 Å². The van der Waals surface area contributed by atoms with E-state index in [0.29, 0.717) is 11.5 Å². The molecule has 1 heterocycles. The third kappa shape index (κ3) is 1.86. The molecule has 0 aromatic carbocycles. The summed E-state index contributed by atoms with van der Waals surface area (Å²) < 4.78 is 0. The van der Waals surface area contributed by atoms with Crippen molar-refractivity contribution in [1.82, 2.24) is 10.2 Å². The van der Waals surface area contributed by atoms with Crippen LogP contribution in [0.4, 0.5) is 5.82 Å². The summed E-state index contributed by atoms with van der Waals surface area (Å²) in [5, 5.41) is 11.4. The Morgan fingerprint density at radius 1 is 1.50 bits per heavy atom. The molecule has 0 spiro atoms. The molecule has 3 heteroatoms. The second-order valence-electron chi connectivity index (χ2n) is 4.69.